The van der Waals surface area contributed by atoms with Crippen molar-refractivity contribution in [3.63, 3.8) is 0 Å². The summed E-state index contributed by atoms with van der Waals surface area (Å²) >= 11 is 3.35. The van der Waals surface area contributed by atoms with E-state index in [-0.39, 0.29) is 6.04 Å². The largest absolute Gasteiger partial charge is 0.435 e. The number of nitrogens with zero attached hydrogens (tertiary/aromatic N) is 2. The van der Waals surface area contributed by atoms with Crippen molar-refractivity contribution in [3.8, 4) is 5.69 Å². The molecule has 2 rings (SSSR count). The van der Waals surface area contributed by atoms with Crippen LogP contribution in [0.2, 0.25) is 0 Å². The summed E-state index contributed by atoms with van der Waals surface area (Å²) < 4.78 is 39.8. The molecule has 2 aromatic rings. The highest BCUT2D eigenvalue weighted by Crippen LogP contribution is 2.29. The normalized spacial score (nSPS) is 13.5. The first kappa shape index (κ1) is 15.1. The average Bonchev–Trinajstić information content (AvgIpc) is 2.77. The smallest absolute Gasteiger partial charge is 0.328 e. The SMILES string of the molecule is CC(N)Cc1cc(Br)ccc1-n1ccc(C(F)(F)F)n1. The lowest BCUT2D eigenvalue weighted by molar-refractivity contribution is -0.141. The molecule has 0 aliphatic carbocycles. The molecule has 3 nitrogen and oxygen atoms in total. The van der Waals surface area contributed by atoms with Crippen LogP contribution >= 0.6 is 15.9 Å². The molecule has 20 heavy (non-hydrogen) atoms. The second kappa shape index (κ2) is 5.57. The number of hydrogen-bond donors (Lipinski definition) is 1. The van der Waals surface area contributed by atoms with Gasteiger partial charge in [-0.2, -0.15) is 18.3 Å². The van der Waals surface area contributed by atoms with E-state index in [4.69, 9.17) is 5.73 Å². The number of nitrogens with two attached hydrogens (primary N) is 1. The Morgan fingerprint density at radius 1 is 1.35 bits per heavy atom. The van der Waals surface area contributed by atoms with Crippen LogP contribution in [-0.2, 0) is 12.6 Å². The topological polar surface area (TPSA) is 43.8 Å². The maximum absolute atomic E-state index is 12.6. The Morgan fingerprint density at radius 2 is 2.05 bits per heavy atom. The van der Waals surface area contributed by atoms with E-state index in [2.05, 4.69) is 21.0 Å². The van der Waals surface area contributed by atoms with Gasteiger partial charge in [0.15, 0.2) is 5.69 Å². The van der Waals surface area contributed by atoms with Crippen molar-refractivity contribution < 1.29 is 13.2 Å². The Morgan fingerprint density at radius 3 is 2.60 bits per heavy atom. The molecule has 108 valence electrons. The van der Waals surface area contributed by atoms with Gasteiger partial charge in [-0.3, -0.25) is 0 Å². The van der Waals surface area contributed by atoms with Crippen LogP contribution in [0.3, 0.4) is 0 Å². The van der Waals surface area contributed by atoms with E-state index >= 15 is 0 Å². The van der Waals surface area contributed by atoms with Crippen molar-refractivity contribution in [1.82, 2.24) is 9.78 Å². The van der Waals surface area contributed by atoms with E-state index in [9.17, 15) is 13.2 Å². The third-order valence-corrected chi connectivity index (χ3v) is 3.20. The minimum absolute atomic E-state index is 0.0966. The second-order valence-electron chi connectivity index (χ2n) is 4.60. The summed E-state index contributed by atoms with van der Waals surface area (Å²) in [6.07, 6.45) is -2.59. The van der Waals surface area contributed by atoms with Gasteiger partial charge in [0.05, 0.1) is 5.69 Å². The van der Waals surface area contributed by atoms with Crippen LogP contribution in [0.1, 0.15) is 18.2 Å². The Labute approximate surface area is 122 Å². The van der Waals surface area contributed by atoms with Crippen molar-refractivity contribution >= 4 is 15.9 Å². The standard InChI is InChI=1S/C13H13BrF3N3/c1-8(18)6-9-7-10(14)2-3-11(9)20-5-4-12(19-20)13(15,16)17/h2-5,7-8H,6,18H2,1H3. The number of alkyl halides is 3. The van der Waals surface area contributed by atoms with E-state index < -0.39 is 11.9 Å². The molecular weight excluding hydrogens is 335 g/mol. The molecule has 1 aromatic heterocycles. The molecule has 0 fully saturated rings. The minimum Gasteiger partial charge on any atom is -0.328 e. The second-order valence-corrected chi connectivity index (χ2v) is 5.51. The third-order valence-electron chi connectivity index (χ3n) is 2.71. The van der Waals surface area contributed by atoms with E-state index in [0.717, 1.165) is 16.1 Å². The molecule has 1 atom stereocenters. The summed E-state index contributed by atoms with van der Waals surface area (Å²) in [6, 6.07) is 6.18. The van der Waals surface area contributed by atoms with Gasteiger partial charge in [-0.05, 0) is 43.2 Å². The zero-order chi connectivity index (χ0) is 14.9. The van der Waals surface area contributed by atoms with Gasteiger partial charge in [-0.15, -0.1) is 0 Å². The molecule has 0 aliphatic rings. The van der Waals surface area contributed by atoms with Crippen molar-refractivity contribution in [2.24, 2.45) is 5.73 Å². The number of hydrogen-bond acceptors (Lipinski definition) is 2. The lowest BCUT2D eigenvalue weighted by Gasteiger charge is -2.12. The summed E-state index contributed by atoms with van der Waals surface area (Å²) in [7, 11) is 0. The van der Waals surface area contributed by atoms with Crippen molar-refractivity contribution in [2.45, 2.75) is 25.6 Å². The number of halogens is 4. The maximum atomic E-state index is 12.6. The Kier molecular flexibility index (Phi) is 4.19. The lowest BCUT2D eigenvalue weighted by Crippen LogP contribution is -2.19. The Hall–Kier alpha value is -1.34. The third kappa shape index (κ3) is 3.40. The Bertz CT molecular complexity index is 605. The summed E-state index contributed by atoms with van der Waals surface area (Å²) in [6.45, 7) is 1.84. The molecule has 1 heterocycles. The molecule has 0 spiro atoms. The summed E-state index contributed by atoms with van der Waals surface area (Å²) in [5.74, 6) is 0. The van der Waals surface area contributed by atoms with Crippen molar-refractivity contribution in [3.05, 3.63) is 46.2 Å². The summed E-state index contributed by atoms with van der Waals surface area (Å²) in [4.78, 5) is 0. The molecule has 1 aromatic carbocycles. The average molecular weight is 348 g/mol. The fourth-order valence-corrected chi connectivity index (χ4v) is 2.31. The molecule has 0 saturated heterocycles. The van der Waals surface area contributed by atoms with Gasteiger partial charge in [0, 0.05) is 16.7 Å². The molecule has 1 unspecified atom stereocenters. The quantitative estimate of drug-likeness (QED) is 0.922. The molecule has 0 aliphatic heterocycles. The van der Waals surface area contributed by atoms with Crippen LogP contribution in [-0.4, -0.2) is 15.8 Å². The maximum Gasteiger partial charge on any atom is 0.435 e. The van der Waals surface area contributed by atoms with Crippen LogP contribution in [0.15, 0.2) is 34.9 Å². The first-order valence-corrected chi connectivity index (χ1v) is 6.74. The van der Waals surface area contributed by atoms with Gasteiger partial charge >= 0.3 is 6.18 Å². The van der Waals surface area contributed by atoms with Gasteiger partial charge in [0.2, 0.25) is 0 Å². The van der Waals surface area contributed by atoms with E-state index in [0.29, 0.717) is 12.1 Å². The zero-order valence-electron chi connectivity index (χ0n) is 10.7. The van der Waals surface area contributed by atoms with E-state index in [1.165, 1.54) is 10.9 Å². The molecular formula is C13H13BrF3N3. The molecule has 0 saturated carbocycles. The van der Waals surface area contributed by atoms with Crippen LogP contribution in [0.25, 0.3) is 5.69 Å². The molecule has 2 N–H and O–H groups in total. The zero-order valence-corrected chi connectivity index (χ0v) is 12.2. The van der Waals surface area contributed by atoms with E-state index in [1.54, 1.807) is 12.1 Å². The first-order chi connectivity index (χ1) is 9.27. The Balaban J connectivity index is 2.44. The predicted molar refractivity (Wildman–Crippen MR) is 73.6 cm³/mol. The van der Waals surface area contributed by atoms with Gasteiger partial charge in [0.1, 0.15) is 0 Å². The number of aromatic nitrogens is 2. The van der Waals surface area contributed by atoms with Gasteiger partial charge in [-0.1, -0.05) is 15.9 Å². The molecule has 0 amide bonds. The van der Waals surface area contributed by atoms with Gasteiger partial charge in [-0.25, -0.2) is 4.68 Å². The molecule has 7 heteroatoms. The van der Waals surface area contributed by atoms with Crippen molar-refractivity contribution in [1.29, 1.82) is 0 Å². The van der Waals surface area contributed by atoms with Crippen LogP contribution in [0.4, 0.5) is 13.2 Å². The van der Waals surface area contributed by atoms with Gasteiger partial charge < -0.3 is 5.73 Å². The number of rotatable bonds is 3. The first-order valence-electron chi connectivity index (χ1n) is 5.94. The summed E-state index contributed by atoms with van der Waals surface area (Å²) in [5, 5.41) is 3.58. The van der Waals surface area contributed by atoms with Crippen LogP contribution < -0.4 is 5.73 Å². The number of benzene rings is 1. The van der Waals surface area contributed by atoms with E-state index in [1.807, 2.05) is 13.0 Å². The highest BCUT2D eigenvalue weighted by Gasteiger charge is 2.33. The predicted octanol–water partition coefficient (Wildman–Crippen LogP) is 3.54. The fraction of sp³-hybridized carbons (Fsp3) is 0.308. The minimum atomic E-state index is -4.44. The molecule has 0 radical (unpaired) electrons. The summed E-state index contributed by atoms with van der Waals surface area (Å²) in [5.41, 5.74) is 6.30. The van der Waals surface area contributed by atoms with Gasteiger partial charge in [0.25, 0.3) is 0 Å². The van der Waals surface area contributed by atoms with Crippen molar-refractivity contribution in [2.75, 3.05) is 0 Å². The van der Waals surface area contributed by atoms with Crippen LogP contribution in [0, 0.1) is 0 Å². The highest BCUT2D eigenvalue weighted by atomic mass is 79.9. The fourth-order valence-electron chi connectivity index (χ4n) is 1.90. The lowest BCUT2D eigenvalue weighted by atomic mass is 10.1. The monoisotopic (exact) mass is 347 g/mol. The van der Waals surface area contributed by atoms with Crippen LogP contribution in [0.5, 0.6) is 0 Å². The highest BCUT2D eigenvalue weighted by molar-refractivity contribution is 9.10. The molecule has 0 bridgehead atoms.